The van der Waals surface area contributed by atoms with Crippen LogP contribution in [0.15, 0.2) is 12.5 Å². The molecule has 1 aromatic heterocycles. The summed E-state index contributed by atoms with van der Waals surface area (Å²) in [4.78, 5) is 16.8. The number of carbonyl (C=O) groups is 1. The summed E-state index contributed by atoms with van der Waals surface area (Å²) in [5, 5.41) is 14.5. The molecule has 8 nitrogen and oxygen atoms in total. The maximum atomic E-state index is 10.3. The molecule has 0 saturated heterocycles. The van der Waals surface area contributed by atoms with Gasteiger partial charge < -0.3 is 27.3 Å². The lowest BCUT2D eigenvalue weighted by molar-refractivity contribution is -0.138. The summed E-state index contributed by atoms with van der Waals surface area (Å²) in [6, 6.07) is -0.851. The van der Waals surface area contributed by atoms with E-state index in [9.17, 15) is 4.79 Å². The second-order valence-electron chi connectivity index (χ2n) is 2.68. The molecular weight excluding hydrogens is 200 g/mol. The average Bonchev–Trinajstić information content (AvgIpc) is 2.55. The van der Waals surface area contributed by atoms with Gasteiger partial charge in [0.05, 0.1) is 6.33 Å². The summed E-state index contributed by atoms with van der Waals surface area (Å²) in [6.07, 6.45) is 3.34. The molecular formula is C7H14N6O2. The van der Waals surface area contributed by atoms with Crippen molar-refractivity contribution in [1.29, 1.82) is 5.41 Å². The number of rotatable bonds is 3. The lowest BCUT2D eigenvalue weighted by atomic mass is 10.2. The Morgan fingerprint density at radius 3 is 2.53 bits per heavy atom. The normalized spacial score (nSPS) is 11.0. The van der Waals surface area contributed by atoms with Crippen molar-refractivity contribution in [2.24, 2.45) is 17.2 Å². The summed E-state index contributed by atoms with van der Waals surface area (Å²) in [6.45, 7) is 0. The molecule has 1 atom stereocenters. The van der Waals surface area contributed by atoms with Crippen LogP contribution < -0.4 is 17.2 Å². The van der Waals surface area contributed by atoms with Gasteiger partial charge in [-0.15, -0.1) is 0 Å². The van der Waals surface area contributed by atoms with E-state index in [2.05, 4.69) is 21.4 Å². The second kappa shape index (κ2) is 6.38. The minimum atomic E-state index is -1.00. The van der Waals surface area contributed by atoms with Crippen molar-refractivity contribution >= 4 is 11.9 Å². The molecule has 0 bridgehead atoms. The molecule has 0 aliphatic carbocycles. The van der Waals surface area contributed by atoms with E-state index in [0.717, 1.165) is 5.69 Å². The Morgan fingerprint density at radius 1 is 1.67 bits per heavy atom. The summed E-state index contributed by atoms with van der Waals surface area (Å²) in [5.74, 6) is -1.33. The van der Waals surface area contributed by atoms with E-state index in [0.29, 0.717) is 0 Å². The van der Waals surface area contributed by atoms with E-state index in [-0.39, 0.29) is 12.4 Å². The average molecular weight is 214 g/mol. The van der Waals surface area contributed by atoms with Crippen molar-refractivity contribution in [3.63, 3.8) is 0 Å². The lowest BCUT2D eigenvalue weighted by Gasteiger charge is -2.02. The number of carboxylic acid groups (broad SMARTS) is 1. The van der Waals surface area contributed by atoms with Crippen LogP contribution in [0.1, 0.15) is 5.69 Å². The van der Waals surface area contributed by atoms with E-state index in [1.807, 2.05) is 0 Å². The van der Waals surface area contributed by atoms with Crippen molar-refractivity contribution in [3.05, 3.63) is 18.2 Å². The van der Waals surface area contributed by atoms with Gasteiger partial charge in [0.15, 0.2) is 5.96 Å². The van der Waals surface area contributed by atoms with Crippen LogP contribution in [0.25, 0.3) is 0 Å². The molecule has 1 heterocycles. The zero-order chi connectivity index (χ0) is 11.8. The molecule has 0 fully saturated rings. The fourth-order valence-electron chi connectivity index (χ4n) is 0.721. The van der Waals surface area contributed by atoms with Crippen molar-refractivity contribution < 1.29 is 9.90 Å². The Hall–Kier alpha value is -2.09. The topological polar surface area (TPSA) is 168 Å². The number of nitrogens with one attached hydrogen (secondary N) is 2. The van der Waals surface area contributed by atoms with Crippen LogP contribution in [0.3, 0.4) is 0 Å². The van der Waals surface area contributed by atoms with Crippen molar-refractivity contribution in [1.82, 2.24) is 9.97 Å². The lowest BCUT2D eigenvalue weighted by Crippen LogP contribution is -2.32. The van der Waals surface area contributed by atoms with Crippen molar-refractivity contribution in [2.75, 3.05) is 0 Å². The largest absolute Gasteiger partial charge is 0.480 e. The van der Waals surface area contributed by atoms with E-state index in [1.54, 1.807) is 6.20 Å². The standard InChI is InChI=1S/C6H9N3O2.CH5N3/c7-5(6(10)11)1-4-2-8-3-9-4;2-1(3)4/h2-3,5H,1,7H2,(H,8,9)(H,10,11);(H5,2,3,4)/t5-;/m0./s1. The third-order valence-electron chi connectivity index (χ3n) is 1.31. The van der Waals surface area contributed by atoms with Gasteiger partial charge in [-0.2, -0.15) is 0 Å². The molecule has 8 heteroatoms. The van der Waals surface area contributed by atoms with Crippen LogP contribution in [-0.2, 0) is 11.2 Å². The number of aliphatic carboxylic acids is 1. The molecule has 1 aromatic rings. The quantitative estimate of drug-likeness (QED) is 0.256. The van der Waals surface area contributed by atoms with E-state index < -0.39 is 12.0 Å². The van der Waals surface area contributed by atoms with Crippen molar-refractivity contribution in [2.45, 2.75) is 12.5 Å². The molecule has 84 valence electrons. The van der Waals surface area contributed by atoms with Gasteiger partial charge in [0.1, 0.15) is 6.04 Å². The predicted molar refractivity (Wildman–Crippen MR) is 54.0 cm³/mol. The number of aromatic nitrogens is 2. The summed E-state index contributed by atoms with van der Waals surface area (Å²) in [7, 11) is 0. The van der Waals surface area contributed by atoms with Crippen LogP contribution in [-0.4, -0.2) is 33.0 Å². The Balaban J connectivity index is 0.000000423. The first-order valence-corrected chi connectivity index (χ1v) is 3.98. The third-order valence-corrected chi connectivity index (χ3v) is 1.31. The molecule has 15 heavy (non-hydrogen) atoms. The van der Waals surface area contributed by atoms with Crippen LogP contribution in [0.2, 0.25) is 0 Å². The molecule has 0 spiro atoms. The highest BCUT2D eigenvalue weighted by Crippen LogP contribution is 1.95. The fraction of sp³-hybridized carbons (Fsp3) is 0.286. The fourth-order valence-corrected chi connectivity index (χ4v) is 0.721. The Bertz CT molecular complexity index is 305. The first-order chi connectivity index (χ1) is 6.93. The highest BCUT2D eigenvalue weighted by atomic mass is 16.4. The van der Waals surface area contributed by atoms with E-state index in [1.165, 1.54) is 6.33 Å². The molecule has 0 radical (unpaired) electrons. The van der Waals surface area contributed by atoms with Crippen LogP contribution in [0.4, 0.5) is 0 Å². The van der Waals surface area contributed by atoms with Crippen LogP contribution in [0, 0.1) is 5.41 Å². The Kier molecular flexibility index (Phi) is 5.49. The maximum Gasteiger partial charge on any atom is 0.320 e. The van der Waals surface area contributed by atoms with Gasteiger partial charge >= 0.3 is 5.97 Å². The number of guanidine groups is 1. The Morgan fingerprint density at radius 2 is 2.20 bits per heavy atom. The Labute approximate surface area is 86.0 Å². The molecule has 0 unspecified atom stereocenters. The number of hydrogen-bond acceptors (Lipinski definition) is 4. The van der Waals surface area contributed by atoms with Crippen LogP contribution in [0.5, 0.6) is 0 Å². The number of hydrogen-bond donors (Lipinski definition) is 6. The van der Waals surface area contributed by atoms with Gasteiger partial charge in [-0.3, -0.25) is 10.2 Å². The zero-order valence-corrected chi connectivity index (χ0v) is 7.97. The van der Waals surface area contributed by atoms with Gasteiger partial charge in [0.2, 0.25) is 0 Å². The van der Waals surface area contributed by atoms with Gasteiger partial charge in [0, 0.05) is 18.3 Å². The minimum absolute atomic E-state index is 0.287. The molecule has 0 aliphatic heterocycles. The number of nitrogens with zero attached hydrogens (tertiary/aromatic N) is 1. The first-order valence-electron chi connectivity index (χ1n) is 3.98. The van der Waals surface area contributed by atoms with E-state index in [4.69, 9.17) is 16.2 Å². The highest BCUT2D eigenvalue weighted by molar-refractivity contribution is 5.73. The van der Waals surface area contributed by atoms with Crippen molar-refractivity contribution in [3.8, 4) is 0 Å². The van der Waals surface area contributed by atoms with Gasteiger partial charge in [0.25, 0.3) is 0 Å². The van der Waals surface area contributed by atoms with Gasteiger partial charge in [-0.25, -0.2) is 4.98 Å². The smallest absolute Gasteiger partial charge is 0.320 e. The SMILES string of the molecule is N=C(N)N.N[C@@H](Cc1cnc[nH]1)C(=O)O. The third kappa shape index (κ3) is 7.02. The van der Waals surface area contributed by atoms with Gasteiger partial charge in [-0.05, 0) is 0 Å². The number of carboxylic acids is 1. The molecule has 0 aliphatic rings. The summed E-state index contributed by atoms with van der Waals surface area (Å²) >= 11 is 0. The monoisotopic (exact) mass is 214 g/mol. The number of H-pyrrole nitrogens is 1. The molecule has 0 amide bonds. The van der Waals surface area contributed by atoms with Crippen LogP contribution >= 0.6 is 0 Å². The number of aromatic amines is 1. The molecule has 1 rings (SSSR count). The summed E-state index contributed by atoms with van der Waals surface area (Å²) < 4.78 is 0. The minimum Gasteiger partial charge on any atom is -0.480 e. The van der Waals surface area contributed by atoms with Gasteiger partial charge in [-0.1, -0.05) is 0 Å². The first kappa shape index (κ1) is 12.9. The zero-order valence-electron chi connectivity index (χ0n) is 7.97. The summed E-state index contributed by atoms with van der Waals surface area (Å²) in [5.41, 5.74) is 14.9. The maximum absolute atomic E-state index is 10.3. The molecule has 9 N–H and O–H groups in total. The second-order valence-corrected chi connectivity index (χ2v) is 2.68. The molecule has 0 saturated carbocycles. The van der Waals surface area contributed by atoms with E-state index >= 15 is 0 Å². The predicted octanol–water partition coefficient (Wildman–Crippen LogP) is -1.80. The number of nitrogens with two attached hydrogens (primary N) is 3. The molecule has 0 aromatic carbocycles. The number of imidazole rings is 1. The highest BCUT2D eigenvalue weighted by Gasteiger charge is 2.11.